The number of hydrogen-bond donors (Lipinski definition) is 2. The molecule has 1 aromatic rings. The Labute approximate surface area is 109 Å². The van der Waals surface area contributed by atoms with Crippen LogP contribution in [0.3, 0.4) is 0 Å². The van der Waals surface area contributed by atoms with Crippen molar-refractivity contribution < 1.29 is 4.79 Å². The molecule has 1 aromatic carbocycles. The van der Waals surface area contributed by atoms with Crippen LogP contribution in [-0.2, 0) is 0 Å². The van der Waals surface area contributed by atoms with Crippen LogP contribution in [0.25, 0.3) is 0 Å². The normalized spacial score (nSPS) is 23.7. The van der Waals surface area contributed by atoms with Crippen LogP contribution in [-0.4, -0.2) is 25.0 Å². The first-order valence-corrected chi connectivity index (χ1v) is 6.67. The van der Waals surface area contributed by atoms with Crippen LogP contribution in [0.4, 0.5) is 0 Å². The lowest BCUT2D eigenvalue weighted by Gasteiger charge is -2.30. The summed E-state index contributed by atoms with van der Waals surface area (Å²) in [6.45, 7) is 8.22. The summed E-state index contributed by atoms with van der Waals surface area (Å²) in [5.74, 6) is 0.584. The molecule has 3 nitrogen and oxygen atoms in total. The van der Waals surface area contributed by atoms with Gasteiger partial charge in [-0.05, 0) is 56.0 Å². The van der Waals surface area contributed by atoms with Gasteiger partial charge in [-0.1, -0.05) is 13.0 Å². The van der Waals surface area contributed by atoms with Crippen molar-refractivity contribution >= 4 is 5.91 Å². The van der Waals surface area contributed by atoms with E-state index in [-0.39, 0.29) is 11.9 Å². The number of piperidine rings is 1. The number of carbonyl (C=O) groups is 1. The number of aryl methyl sites for hydroxylation is 2. The first-order chi connectivity index (χ1) is 8.58. The second kappa shape index (κ2) is 5.53. The Morgan fingerprint density at radius 1 is 1.33 bits per heavy atom. The summed E-state index contributed by atoms with van der Waals surface area (Å²) in [5, 5.41) is 6.46. The highest BCUT2D eigenvalue weighted by Crippen LogP contribution is 2.13. The van der Waals surface area contributed by atoms with Crippen LogP contribution in [0.5, 0.6) is 0 Å². The summed E-state index contributed by atoms with van der Waals surface area (Å²) in [4.78, 5) is 12.2. The van der Waals surface area contributed by atoms with Crippen LogP contribution >= 0.6 is 0 Å². The maximum absolute atomic E-state index is 12.2. The first kappa shape index (κ1) is 13.1. The van der Waals surface area contributed by atoms with Gasteiger partial charge in [0.15, 0.2) is 0 Å². The largest absolute Gasteiger partial charge is 0.348 e. The van der Waals surface area contributed by atoms with Crippen LogP contribution in [0.15, 0.2) is 18.2 Å². The summed E-state index contributed by atoms with van der Waals surface area (Å²) in [6, 6.07) is 6.12. The zero-order chi connectivity index (χ0) is 13.1. The van der Waals surface area contributed by atoms with Crippen LogP contribution in [0, 0.1) is 19.8 Å². The summed E-state index contributed by atoms with van der Waals surface area (Å²) in [6.07, 6.45) is 1.12. The molecule has 1 saturated heterocycles. The maximum atomic E-state index is 12.2. The molecule has 0 unspecified atom stereocenters. The molecule has 98 valence electrons. The third-order valence-electron chi connectivity index (χ3n) is 3.91. The van der Waals surface area contributed by atoms with Gasteiger partial charge in [-0.15, -0.1) is 0 Å². The predicted molar refractivity (Wildman–Crippen MR) is 73.8 cm³/mol. The van der Waals surface area contributed by atoms with Gasteiger partial charge in [-0.25, -0.2) is 0 Å². The molecule has 1 aliphatic heterocycles. The molecule has 1 fully saturated rings. The first-order valence-electron chi connectivity index (χ1n) is 6.67. The van der Waals surface area contributed by atoms with Crippen molar-refractivity contribution in [2.24, 2.45) is 5.92 Å². The number of benzene rings is 1. The fourth-order valence-electron chi connectivity index (χ4n) is 2.32. The van der Waals surface area contributed by atoms with E-state index >= 15 is 0 Å². The van der Waals surface area contributed by atoms with Gasteiger partial charge >= 0.3 is 0 Å². The Hall–Kier alpha value is -1.35. The van der Waals surface area contributed by atoms with E-state index in [2.05, 4.69) is 24.5 Å². The van der Waals surface area contributed by atoms with Crippen LogP contribution in [0.1, 0.15) is 34.8 Å². The molecule has 0 saturated carbocycles. The molecular formula is C15H22N2O. The van der Waals surface area contributed by atoms with Gasteiger partial charge in [0, 0.05) is 18.2 Å². The lowest BCUT2D eigenvalue weighted by Crippen LogP contribution is -2.50. The molecule has 1 heterocycles. The fraction of sp³-hybridized carbons (Fsp3) is 0.533. The van der Waals surface area contributed by atoms with Gasteiger partial charge in [0.2, 0.25) is 0 Å². The van der Waals surface area contributed by atoms with Gasteiger partial charge in [-0.3, -0.25) is 4.79 Å². The molecule has 0 spiro atoms. The molecule has 2 N–H and O–H groups in total. The van der Waals surface area contributed by atoms with Crippen molar-refractivity contribution in [3.63, 3.8) is 0 Å². The van der Waals surface area contributed by atoms with Crippen LogP contribution in [0.2, 0.25) is 0 Å². The predicted octanol–water partition coefficient (Wildman–Crippen LogP) is 2.03. The average molecular weight is 246 g/mol. The van der Waals surface area contributed by atoms with Gasteiger partial charge in [-0.2, -0.15) is 0 Å². The van der Waals surface area contributed by atoms with Crippen molar-refractivity contribution in [3.8, 4) is 0 Å². The van der Waals surface area contributed by atoms with Gasteiger partial charge < -0.3 is 10.6 Å². The third-order valence-corrected chi connectivity index (χ3v) is 3.91. The average Bonchev–Trinajstić information content (AvgIpc) is 2.35. The van der Waals surface area contributed by atoms with E-state index in [4.69, 9.17) is 0 Å². The monoisotopic (exact) mass is 246 g/mol. The van der Waals surface area contributed by atoms with Crippen molar-refractivity contribution in [2.75, 3.05) is 13.1 Å². The SMILES string of the molecule is Cc1ccc(C(=O)N[C@@H]2CNCC[C@@H]2C)cc1C. The Bertz CT molecular complexity index is 442. The van der Waals surface area contributed by atoms with Gasteiger partial charge in [0.25, 0.3) is 5.91 Å². The number of rotatable bonds is 2. The molecule has 2 atom stereocenters. The number of hydrogen-bond acceptors (Lipinski definition) is 2. The third kappa shape index (κ3) is 2.91. The highest BCUT2D eigenvalue weighted by atomic mass is 16.1. The maximum Gasteiger partial charge on any atom is 0.251 e. The molecule has 1 aliphatic rings. The van der Waals surface area contributed by atoms with Crippen molar-refractivity contribution in [2.45, 2.75) is 33.2 Å². The smallest absolute Gasteiger partial charge is 0.251 e. The Balaban J connectivity index is 2.04. The van der Waals surface area contributed by atoms with Gasteiger partial charge in [0.05, 0.1) is 0 Å². The lowest BCUT2D eigenvalue weighted by atomic mass is 9.94. The molecule has 0 bridgehead atoms. The van der Waals surface area contributed by atoms with Crippen molar-refractivity contribution in [1.82, 2.24) is 10.6 Å². The van der Waals surface area contributed by atoms with E-state index in [1.165, 1.54) is 5.56 Å². The second-order valence-corrected chi connectivity index (χ2v) is 5.35. The quantitative estimate of drug-likeness (QED) is 0.838. The number of amides is 1. The number of nitrogens with one attached hydrogen (secondary N) is 2. The molecular weight excluding hydrogens is 224 g/mol. The molecule has 0 radical (unpaired) electrons. The Kier molecular flexibility index (Phi) is 4.02. The van der Waals surface area contributed by atoms with E-state index in [9.17, 15) is 4.79 Å². The zero-order valence-corrected chi connectivity index (χ0v) is 11.4. The van der Waals surface area contributed by atoms with Gasteiger partial charge in [0.1, 0.15) is 0 Å². The fourth-order valence-corrected chi connectivity index (χ4v) is 2.32. The van der Waals surface area contributed by atoms with E-state index in [1.807, 2.05) is 25.1 Å². The lowest BCUT2D eigenvalue weighted by molar-refractivity contribution is 0.0915. The minimum atomic E-state index is 0.0404. The van der Waals surface area contributed by atoms with E-state index in [1.54, 1.807) is 0 Å². The summed E-state index contributed by atoms with van der Waals surface area (Å²) in [5.41, 5.74) is 3.15. The van der Waals surface area contributed by atoms with Crippen LogP contribution < -0.4 is 10.6 Å². The minimum absolute atomic E-state index is 0.0404. The molecule has 2 rings (SSSR count). The Morgan fingerprint density at radius 3 is 2.78 bits per heavy atom. The topological polar surface area (TPSA) is 41.1 Å². The Morgan fingerprint density at radius 2 is 2.11 bits per heavy atom. The minimum Gasteiger partial charge on any atom is -0.348 e. The van der Waals surface area contributed by atoms with E-state index in [0.29, 0.717) is 5.92 Å². The van der Waals surface area contributed by atoms with Crippen molar-refractivity contribution in [1.29, 1.82) is 0 Å². The van der Waals surface area contributed by atoms with Crippen molar-refractivity contribution in [3.05, 3.63) is 34.9 Å². The molecule has 18 heavy (non-hydrogen) atoms. The molecule has 1 amide bonds. The van der Waals surface area contributed by atoms with E-state index in [0.717, 1.165) is 30.6 Å². The second-order valence-electron chi connectivity index (χ2n) is 5.35. The highest BCUT2D eigenvalue weighted by Gasteiger charge is 2.22. The molecule has 0 aromatic heterocycles. The summed E-state index contributed by atoms with van der Waals surface area (Å²) in [7, 11) is 0. The van der Waals surface area contributed by atoms with E-state index < -0.39 is 0 Å². The standard InChI is InChI=1S/C15H22N2O/c1-10-4-5-13(8-12(10)3)15(18)17-14-9-16-7-6-11(14)2/h4-5,8,11,14,16H,6-7,9H2,1-3H3,(H,17,18)/t11-,14+/m0/s1. The highest BCUT2D eigenvalue weighted by molar-refractivity contribution is 5.94. The molecule has 0 aliphatic carbocycles. The zero-order valence-electron chi connectivity index (χ0n) is 11.4. The molecule has 3 heteroatoms. The number of carbonyl (C=O) groups excluding carboxylic acids is 1. The summed E-state index contributed by atoms with van der Waals surface area (Å²) >= 11 is 0. The summed E-state index contributed by atoms with van der Waals surface area (Å²) < 4.78 is 0.